The number of rotatable bonds is 8. The molecule has 168 valence electrons. The third-order valence-electron chi connectivity index (χ3n) is 5.02. The van der Waals surface area contributed by atoms with Crippen LogP contribution in [0.1, 0.15) is 12.5 Å². The quantitative estimate of drug-likeness (QED) is 0.210. The maximum Gasteiger partial charge on any atom is 0.361 e. The molecule has 7 heteroatoms. The molecule has 0 fully saturated rings. The lowest BCUT2D eigenvalue weighted by Crippen LogP contribution is -2.32. The highest BCUT2D eigenvalue weighted by Crippen LogP contribution is 2.58. The van der Waals surface area contributed by atoms with Gasteiger partial charge in [0.2, 0.25) is 0 Å². The summed E-state index contributed by atoms with van der Waals surface area (Å²) in [5.41, 5.74) is 3.25. The van der Waals surface area contributed by atoms with E-state index >= 15 is 0 Å². The first-order valence-corrected chi connectivity index (χ1v) is 12.6. The van der Waals surface area contributed by atoms with E-state index in [4.69, 9.17) is 21.4 Å². The number of halogens is 1. The molecule has 0 radical (unpaired) electrons. The van der Waals surface area contributed by atoms with Gasteiger partial charge in [-0.1, -0.05) is 66.7 Å². The molecule has 4 rings (SSSR count). The lowest BCUT2D eigenvalue weighted by atomic mass is 10.2. The van der Waals surface area contributed by atoms with Crippen molar-refractivity contribution in [1.82, 2.24) is 0 Å². The second-order valence-corrected chi connectivity index (χ2v) is 9.55. The smallest absolute Gasteiger partial charge is 0.361 e. The van der Waals surface area contributed by atoms with Crippen LogP contribution in [0.3, 0.4) is 0 Å². The van der Waals surface area contributed by atoms with Crippen molar-refractivity contribution >= 4 is 47.8 Å². The number of hydrazone groups is 1. The van der Waals surface area contributed by atoms with Crippen LogP contribution >= 0.6 is 19.7 Å². The summed E-state index contributed by atoms with van der Waals surface area (Å²) in [7, 11) is -1.34. The first kappa shape index (κ1) is 23.0. The van der Waals surface area contributed by atoms with Crippen LogP contribution < -0.4 is 9.68 Å². The molecule has 0 bridgehead atoms. The minimum absolute atomic E-state index is 0.275. The molecule has 0 saturated heterocycles. The number of carbonyl (C=O) groups excluding carboxylic acids is 1. The Balaban J connectivity index is 1.91. The summed E-state index contributed by atoms with van der Waals surface area (Å²) in [6.45, 7) is 2.64. The van der Waals surface area contributed by atoms with Crippen LogP contribution in [-0.2, 0) is 9.53 Å². The van der Waals surface area contributed by atoms with Gasteiger partial charge in [0.25, 0.3) is 0 Å². The Morgan fingerprint density at radius 3 is 2.18 bits per heavy atom. The zero-order chi connectivity index (χ0) is 23.0. The van der Waals surface area contributed by atoms with Crippen LogP contribution in [0.4, 0.5) is 11.4 Å². The number of esters is 1. The second-order valence-electron chi connectivity index (χ2n) is 7.16. The molecule has 3 aromatic rings. The fourth-order valence-electron chi connectivity index (χ4n) is 3.57. The fourth-order valence-corrected chi connectivity index (χ4v) is 6.27. The molecule has 1 unspecified atom stereocenters. The minimum atomic E-state index is -1.34. The van der Waals surface area contributed by atoms with E-state index in [9.17, 15) is 4.79 Å². The third kappa shape index (κ3) is 5.27. The molecule has 5 nitrogen and oxygen atoms in total. The number of benzene rings is 3. The van der Waals surface area contributed by atoms with Gasteiger partial charge in [-0.25, -0.2) is 9.80 Å². The highest BCUT2D eigenvalue weighted by atomic mass is 35.5. The van der Waals surface area contributed by atoms with Crippen LogP contribution in [-0.4, -0.2) is 30.5 Å². The molecular weight excluding hydrogens is 453 g/mol. The molecule has 0 aliphatic carbocycles. The van der Waals surface area contributed by atoms with Crippen molar-refractivity contribution in [1.29, 1.82) is 0 Å². The Kier molecular flexibility index (Phi) is 7.77. The van der Waals surface area contributed by atoms with Crippen LogP contribution in [0, 0.1) is 0 Å². The summed E-state index contributed by atoms with van der Waals surface area (Å²) < 4.78 is 7.66. The van der Waals surface area contributed by atoms with E-state index in [-0.39, 0.29) is 6.61 Å². The molecule has 0 amide bonds. The van der Waals surface area contributed by atoms with Crippen LogP contribution in [0.15, 0.2) is 102 Å². The van der Waals surface area contributed by atoms with Gasteiger partial charge in [0.05, 0.1) is 20.4 Å². The Morgan fingerprint density at radius 1 is 0.970 bits per heavy atom. The molecule has 1 heterocycles. The van der Waals surface area contributed by atoms with Crippen LogP contribution in [0.25, 0.3) is 5.31 Å². The summed E-state index contributed by atoms with van der Waals surface area (Å²) in [5, 5.41) is 7.56. The van der Waals surface area contributed by atoms with E-state index in [1.54, 1.807) is 11.9 Å². The number of alkyl halides is 1. The maximum absolute atomic E-state index is 13.3. The molecule has 3 aromatic carbocycles. The zero-order valence-corrected chi connectivity index (χ0v) is 20.0. The summed E-state index contributed by atoms with van der Waals surface area (Å²) in [4.78, 5) is 13.3. The molecule has 1 aliphatic rings. The van der Waals surface area contributed by atoms with Crippen molar-refractivity contribution in [2.24, 2.45) is 5.10 Å². The predicted octanol–water partition coefficient (Wildman–Crippen LogP) is 6.52. The normalized spacial score (nSPS) is 15.5. The number of para-hydroxylation sites is 2. The molecule has 0 saturated carbocycles. The van der Waals surface area contributed by atoms with E-state index in [0.717, 1.165) is 22.3 Å². The molecule has 0 N–H and O–H groups in total. The number of nitrogens with zero attached hydrogens (tertiary/aromatic N) is 3. The van der Waals surface area contributed by atoms with Crippen molar-refractivity contribution in [2.45, 2.75) is 6.92 Å². The first-order valence-electron chi connectivity index (χ1n) is 10.8. The average molecular weight is 478 g/mol. The third-order valence-corrected chi connectivity index (χ3v) is 7.60. The van der Waals surface area contributed by atoms with Crippen LogP contribution in [0.5, 0.6) is 0 Å². The van der Waals surface area contributed by atoms with E-state index in [0.29, 0.717) is 17.9 Å². The number of hydrogen-bond donors (Lipinski definition) is 0. The molecule has 1 aliphatic heterocycles. The topological polar surface area (TPSA) is 45.1 Å². The number of anilines is 2. The van der Waals surface area contributed by atoms with Gasteiger partial charge < -0.3 is 9.41 Å². The van der Waals surface area contributed by atoms with E-state index in [1.807, 2.05) is 85.1 Å². The Bertz CT molecular complexity index is 1120. The lowest BCUT2D eigenvalue weighted by Gasteiger charge is -2.38. The van der Waals surface area contributed by atoms with Gasteiger partial charge in [-0.3, -0.25) is 0 Å². The Morgan fingerprint density at radius 2 is 1.58 bits per heavy atom. The molecule has 0 aromatic heterocycles. The Hall–Kier alpha value is -3.14. The van der Waals surface area contributed by atoms with Crippen molar-refractivity contribution in [3.8, 4) is 0 Å². The van der Waals surface area contributed by atoms with Crippen molar-refractivity contribution in [3.63, 3.8) is 0 Å². The van der Waals surface area contributed by atoms with E-state index in [2.05, 4.69) is 16.8 Å². The minimum Gasteiger partial charge on any atom is -0.461 e. The van der Waals surface area contributed by atoms with Gasteiger partial charge >= 0.3 is 5.97 Å². The monoisotopic (exact) mass is 477 g/mol. The SMILES string of the molecule is CCOC(=O)C1=NN(c2ccccc2)C=C(c2ccccc2)P1N(CCCl)c1ccccc1. The van der Waals surface area contributed by atoms with Gasteiger partial charge in [-0.15, -0.1) is 11.6 Å². The Labute approximate surface area is 200 Å². The first-order chi connectivity index (χ1) is 16.2. The van der Waals surface area contributed by atoms with Gasteiger partial charge in [0.1, 0.15) is 0 Å². The van der Waals surface area contributed by atoms with Gasteiger partial charge in [0, 0.05) is 29.6 Å². The van der Waals surface area contributed by atoms with Crippen molar-refractivity contribution in [2.75, 3.05) is 28.7 Å². The lowest BCUT2D eigenvalue weighted by molar-refractivity contribution is -0.134. The largest absolute Gasteiger partial charge is 0.461 e. The van der Waals surface area contributed by atoms with Crippen LogP contribution in [0.2, 0.25) is 0 Å². The summed E-state index contributed by atoms with van der Waals surface area (Å²) in [6.07, 6.45) is 2.02. The van der Waals surface area contributed by atoms with Crippen molar-refractivity contribution < 1.29 is 9.53 Å². The second kappa shape index (κ2) is 11.1. The van der Waals surface area contributed by atoms with Gasteiger partial charge in [-0.2, -0.15) is 5.10 Å². The summed E-state index contributed by atoms with van der Waals surface area (Å²) >= 11 is 6.25. The number of carbonyl (C=O) groups is 1. The zero-order valence-electron chi connectivity index (χ0n) is 18.3. The summed E-state index contributed by atoms with van der Waals surface area (Å²) in [5.74, 6) is -0.00419. The highest BCUT2D eigenvalue weighted by molar-refractivity contribution is 7.87. The number of ether oxygens (including phenoxy) is 1. The molecule has 0 spiro atoms. The average Bonchev–Trinajstić information content (AvgIpc) is 2.88. The maximum atomic E-state index is 13.3. The van der Waals surface area contributed by atoms with E-state index in [1.165, 1.54) is 0 Å². The van der Waals surface area contributed by atoms with Gasteiger partial charge in [-0.05, 0) is 36.8 Å². The summed E-state index contributed by atoms with van der Waals surface area (Å²) in [6, 6.07) is 29.9. The van der Waals surface area contributed by atoms with Crippen molar-refractivity contribution in [3.05, 3.63) is 103 Å². The predicted molar refractivity (Wildman–Crippen MR) is 139 cm³/mol. The molecule has 1 atom stereocenters. The van der Waals surface area contributed by atoms with E-state index < -0.39 is 14.0 Å². The molecule has 33 heavy (non-hydrogen) atoms. The fraction of sp³-hybridized carbons (Fsp3) is 0.154. The van der Waals surface area contributed by atoms with Gasteiger partial charge in [0.15, 0.2) is 5.45 Å². The number of hydrogen-bond acceptors (Lipinski definition) is 5. The highest BCUT2D eigenvalue weighted by Gasteiger charge is 2.38. The standard InChI is InChI=1S/C26H25ClN3O2P/c1-2-32-26(31)25-28-29(22-14-8-4-9-15-22)20-24(21-12-6-3-7-13-21)33(25)30(19-18-27)23-16-10-5-11-17-23/h3-17,20H,2,18-19H2,1H3. The molecular formula is C26H25ClN3O2P.